The van der Waals surface area contributed by atoms with E-state index in [2.05, 4.69) is 61.3 Å². The van der Waals surface area contributed by atoms with E-state index in [0.29, 0.717) is 5.54 Å². The lowest BCUT2D eigenvalue weighted by atomic mass is 9.90. The number of piperidine rings is 1. The maximum absolute atomic E-state index is 3.67. The number of rotatable bonds is 7. The first kappa shape index (κ1) is 16.5. The summed E-state index contributed by atoms with van der Waals surface area (Å²) in [5.74, 6) is 0. The molecule has 0 aliphatic carbocycles. The maximum Gasteiger partial charge on any atom is 0.0156 e. The SMILES string of the molecule is CCCNC1CCN(C(C)(C)CCc2ccccc2)CC1. The van der Waals surface area contributed by atoms with Gasteiger partial charge in [0.05, 0.1) is 0 Å². The van der Waals surface area contributed by atoms with Gasteiger partial charge in [0.1, 0.15) is 0 Å². The van der Waals surface area contributed by atoms with Gasteiger partial charge in [-0.1, -0.05) is 37.3 Å². The van der Waals surface area contributed by atoms with E-state index in [1.807, 2.05) is 0 Å². The number of likely N-dealkylation sites (tertiary alicyclic amines) is 1. The fourth-order valence-electron chi connectivity index (χ4n) is 3.29. The third-order valence-electron chi connectivity index (χ3n) is 4.90. The molecule has 2 rings (SSSR count). The minimum absolute atomic E-state index is 0.311. The third-order valence-corrected chi connectivity index (χ3v) is 4.90. The zero-order valence-electron chi connectivity index (χ0n) is 14.1. The molecular formula is C19H32N2. The van der Waals surface area contributed by atoms with Crippen LogP contribution in [0, 0.1) is 0 Å². The molecule has 0 radical (unpaired) electrons. The summed E-state index contributed by atoms with van der Waals surface area (Å²) < 4.78 is 0. The van der Waals surface area contributed by atoms with Crippen LogP contribution in [0.2, 0.25) is 0 Å². The van der Waals surface area contributed by atoms with Crippen LogP contribution < -0.4 is 5.32 Å². The molecule has 0 spiro atoms. The molecule has 2 heteroatoms. The van der Waals surface area contributed by atoms with Gasteiger partial charge < -0.3 is 5.32 Å². The first-order chi connectivity index (χ1) is 10.1. The van der Waals surface area contributed by atoms with Crippen LogP contribution >= 0.6 is 0 Å². The second kappa shape index (κ2) is 7.95. The molecule has 1 aromatic carbocycles. The molecule has 0 unspecified atom stereocenters. The highest BCUT2D eigenvalue weighted by atomic mass is 15.2. The van der Waals surface area contributed by atoms with E-state index >= 15 is 0 Å². The van der Waals surface area contributed by atoms with Gasteiger partial charge in [-0.25, -0.2) is 0 Å². The zero-order chi connectivity index (χ0) is 15.1. The van der Waals surface area contributed by atoms with Crippen LogP contribution in [0.5, 0.6) is 0 Å². The van der Waals surface area contributed by atoms with Crippen molar-refractivity contribution in [3.63, 3.8) is 0 Å². The van der Waals surface area contributed by atoms with Gasteiger partial charge in [-0.15, -0.1) is 0 Å². The number of nitrogens with one attached hydrogen (secondary N) is 1. The smallest absolute Gasteiger partial charge is 0.0156 e. The van der Waals surface area contributed by atoms with Crippen molar-refractivity contribution in [2.24, 2.45) is 0 Å². The van der Waals surface area contributed by atoms with Crippen LogP contribution in [0.4, 0.5) is 0 Å². The monoisotopic (exact) mass is 288 g/mol. The summed E-state index contributed by atoms with van der Waals surface area (Å²) in [4.78, 5) is 2.69. The molecule has 0 bridgehead atoms. The van der Waals surface area contributed by atoms with Crippen LogP contribution in [-0.2, 0) is 6.42 Å². The van der Waals surface area contributed by atoms with Gasteiger partial charge in [0, 0.05) is 24.7 Å². The second-order valence-electron chi connectivity index (χ2n) is 7.01. The standard InChI is InChI=1S/C19H32N2/c1-4-14-20-18-11-15-21(16-12-18)19(2,3)13-10-17-8-6-5-7-9-17/h5-9,18,20H,4,10-16H2,1-3H3. The Hall–Kier alpha value is -0.860. The van der Waals surface area contributed by atoms with Gasteiger partial charge in [-0.2, -0.15) is 0 Å². The van der Waals surface area contributed by atoms with Crippen molar-refractivity contribution < 1.29 is 0 Å². The highest BCUT2D eigenvalue weighted by Gasteiger charge is 2.30. The van der Waals surface area contributed by atoms with Crippen molar-refractivity contribution in [3.8, 4) is 0 Å². The van der Waals surface area contributed by atoms with Crippen molar-refractivity contribution in [1.29, 1.82) is 0 Å². The topological polar surface area (TPSA) is 15.3 Å². The maximum atomic E-state index is 3.67. The van der Waals surface area contributed by atoms with E-state index in [-0.39, 0.29) is 0 Å². The second-order valence-corrected chi connectivity index (χ2v) is 7.01. The lowest BCUT2D eigenvalue weighted by Gasteiger charge is -2.43. The number of benzene rings is 1. The first-order valence-electron chi connectivity index (χ1n) is 8.64. The number of hydrogen-bond donors (Lipinski definition) is 1. The molecule has 118 valence electrons. The Morgan fingerprint density at radius 1 is 1.14 bits per heavy atom. The molecule has 1 heterocycles. The zero-order valence-corrected chi connectivity index (χ0v) is 14.1. The van der Waals surface area contributed by atoms with Crippen LogP contribution in [0.25, 0.3) is 0 Å². The average molecular weight is 288 g/mol. The Morgan fingerprint density at radius 3 is 2.43 bits per heavy atom. The lowest BCUT2D eigenvalue weighted by Crippen LogP contribution is -2.51. The van der Waals surface area contributed by atoms with Gasteiger partial charge in [0.25, 0.3) is 0 Å². The predicted octanol–water partition coefficient (Wildman–Crippen LogP) is 3.86. The summed E-state index contributed by atoms with van der Waals surface area (Å²) in [7, 11) is 0. The molecule has 1 fully saturated rings. The van der Waals surface area contributed by atoms with Crippen molar-refractivity contribution in [2.45, 2.75) is 64.5 Å². The Kier molecular flexibility index (Phi) is 6.25. The summed E-state index contributed by atoms with van der Waals surface area (Å²) in [6.07, 6.45) is 6.26. The number of nitrogens with zero attached hydrogens (tertiary/aromatic N) is 1. The van der Waals surface area contributed by atoms with E-state index in [1.165, 1.54) is 57.3 Å². The normalized spacial score (nSPS) is 18.0. The largest absolute Gasteiger partial charge is 0.314 e. The molecule has 21 heavy (non-hydrogen) atoms. The van der Waals surface area contributed by atoms with Gasteiger partial charge >= 0.3 is 0 Å². The van der Waals surface area contributed by atoms with E-state index in [9.17, 15) is 0 Å². The lowest BCUT2D eigenvalue weighted by molar-refractivity contribution is 0.0764. The van der Waals surface area contributed by atoms with Crippen molar-refractivity contribution in [2.75, 3.05) is 19.6 Å². The first-order valence-corrected chi connectivity index (χ1v) is 8.64. The molecule has 0 aromatic heterocycles. The minimum atomic E-state index is 0.311. The Labute approximate surface area is 130 Å². The molecule has 2 nitrogen and oxygen atoms in total. The van der Waals surface area contributed by atoms with Crippen LogP contribution in [0.15, 0.2) is 30.3 Å². The summed E-state index contributed by atoms with van der Waals surface area (Å²) in [5.41, 5.74) is 1.77. The molecule has 1 aromatic rings. The van der Waals surface area contributed by atoms with Gasteiger partial charge in [0.2, 0.25) is 0 Å². The Balaban J connectivity index is 1.78. The van der Waals surface area contributed by atoms with Crippen LogP contribution in [0.3, 0.4) is 0 Å². The summed E-state index contributed by atoms with van der Waals surface area (Å²) in [5, 5.41) is 3.67. The molecule has 1 N–H and O–H groups in total. The van der Waals surface area contributed by atoms with E-state index in [4.69, 9.17) is 0 Å². The highest BCUT2D eigenvalue weighted by Crippen LogP contribution is 2.25. The van der Waals surface area contributed by atoms with Gasteiger partial charge in [-0.05, 0) is 58.1 Å². The predicted molar refractivity (Wildman–Crippen MR) is 91.7 cm³/mol. The van der Waals surface area contributed by atoms with Crippen molar-refractivity contribution in [3.05, 3.63) is 35.9 Å². The van der Waals surface area contributed by atoms with Crippen LogP contribution in [-0.4, -0.2) is 36.1 Å². The van der Waals surface area contributed by atoms with Gasteiger partial charge in [-0.3, -0.25) is 4.90 Å². The molecule has 0 saturated carbocycles. The Bertz CT molecular complexity index is 391. The fraction of sp³-hybridized carbons (Fsp3) is 0.684. The van der Waals surface area contributed by atoms with E-state index in [0.717, 1.165) is 6.04 Å². The minimum Gasteiger partial charge on any atom is -0.314 e. The Morgan fingerprint density at radius 2 is 1.81 bits per heavy atom. The number of aryl methyl sites for hydroxylation is 1. The molecule has 0 atom stereocenters. The van der Waals surface area contributed by atoms with Gasteiger partial charge in [0.15, 0.2) is 0 Å². The highest BCUT2D eigenvalue weighted by molar-refractivity contribution is 5.15. The quantitative estimate of drug-likeness (QED) is 0.819. The summed E-state index contributed by atoms with van der Waals surface area (Å²) in [6, 6.07) is 11.6. The van der Waals surface area contributed by atoms with Crippen molar-refractivity contribution in [1.82, 2.24) is 10.2 Å². The van der Waals surface area contributed by atoms with Crippen molar-refractivity contribution >= 4 is 0 Å². The molecule has 0 amide bonds. The molecular weight excluding hydrogens is 256 g/mol. The average Bonchev–Trinajstić information content (AvgIpc) is 2.52. The van der Waals surface area contributed by atoms with E-state index in [1.54, 1.807) is 0 Å². The summed E-state index contributed by atoms with van der Waals surface area (Å²) in [6.45, 7) is 10.7. The molecule has 1 saturated heterocycles. The molecule has 1 aliphatic heterocycles. The van der Waals surface area contributed by atoms with Crippen LogP contribution in [0.1, 0.15) is 52.0 Å². The summed E-state index contributed by atoms with van der Waals surface area (Å²) >= 11 is 0. The number of hydrogen-bond acceptors (Lipinski definition) is 2. The third kappa shape index (κ3) is 5.12. The fourth-order valence-corrected chi connectivity index (χ4v) is 3.29. The molecule has 1 aliphatic rings. The van der Waals surface area contributed by atoms with E-state index < -0.39 is 0 Å².